The largest absolute Gasteiger partial charge is 0.318 e. The van der Waals surface area contributed by atoms with Crippen LogP contribution in [-0.4, -0.2) is 10.7 Å². The Morgan fingerprint density at radius 3 is 2.30 bits per heavy atom. The average Bonchev–Trinajstić information content (AvgIpc) is 2.81. The van der Waals surface area contributed by atoms with Crippen molar-refractivity contribution < 1.29 is 8.78 Å². The van der Waals surface area contributed by atoms with Crippen LogP contribution in [0, 0.1) is 11.6 Å². The summed E-state index contributed by atoms with van der Waals surface area (Å²) >= 11 is 6.79. The van der Waals surface area contributed by atoms with Crippen LogP contribution in [0.5, 0.6) is 0 Å². The number of hydrogen-bond donors (Lipinski definition) is 0. The van der Waals surface area contributed by atoms with Crippen LogP contribution < -0.4 is 4.90 Å². The van der Waals surface area contributed by atoms with Gasteiger partial charge in [0.25, 0.3) is 0 Å². The van der Waals surface area contributed by atoms with E-state index in [2.05, 4.69) is 0 Å². The Balaban J connectivity index is 2.07. The number of para-hydroxylation sites is 1. The topological polar surface area (TPSA) is 3.24 Å². The first-order valence-corrected chi connectivity index (χ1v) is 7.57. The van der Waals surface area contributed by atoms with Gasteiger partial charge in [-0.1, -0.05) is 36.5 Å². The molecule has 5 heteroatoms. The first-order valence-electron chi connectivity index (χ1n) is 6.11. The van der Waals surface area contributed by atoms with Crippen molar-refractivity contribution in [3.8, 4) is 0 Å². The van der Waals surface area contributed by atoms with Gasteiger partial charge in [-0.25, -0.2) is 8.78 Å². The number of thiocarbonyl (C=S) groups is 1. The minimum absolute atomic E-state index is 0.0706. The van der Waals surface area contributed by atoms with E-state index in [-0.39, 0.29) is 5.56 Å². The fourth-order valence-electron chi connectivity index (χ4n) is 2.25. The van der Waals surface area contributed by atoms with Crippen LogP contribution in [0.25, 0.3) is 0 Å². The first-order chi connectivity index (χ1) is 9.68. The molecule has 0 amide bonds. The minimum Gasteiger partial charge on any atom is -0.318 e. The summed E-state index contributed by atoms with van der Waals surface area (Å²) < 4.78 is 28.0. The molecule has 0 bridgehead atoms. The van der Waals surface area contributed by atoms with Crippen LogP contribution in [0.4, 0.5) is 14.5 Å². The van der Waals surface area contributed by atoms with E-state index in [0.717, 1.165) is 5.69 Å². The van der Waals surface area contributed by atoms with E-state index in [0.29, 0.717) is 10.7 Å². The van der Waals surface area contributed by atoms with Crippen LogP contribution >= 0.6 is 24.0 Å². The second-order valence-electron chi connectivity index (χ2n) is 4.40. The maximum atomic E-state index is 14.0. The third kappa shape index (κ3) is 2.31. The highest BCUT2D eigenvalue weighted by Gasteiger charge is 2.34. The molecule has 1 aliphatic rings. The maximum absolute atomic E-state index is 14.0. The van der Waals surface area contributed by atoms with Crippen molar-refractivity contribution >= 4 is 34.7 Å². The van der Waals surface area contributed by atoms with Crippen molar-refractivity contribution in [2.45, 2.75) is 5.37 Å². The van der Waals surface area contributed by atoms with Gasteiger partial charge in [0.15, 0.2) is 0 Å². The number of halogens is 2. The lowest BCUT2D eigenvalue weighted by Crippen LogP contribution is -2.27. The molecule has 3 rings (SSSR count). The van der Waals surface area contributed by atoms with Gasteiger partial charge in [-0.3, -0.25) is 0 Å². The molecule has 2 aromatic rings. The Hall–Kier alpha value is -1.46. The Labute approximate surface area is 125 Å². The van der Waals surface area contributed by atoms with Crippen molar-refractivity contribution in [2.75, 3.05) is 10.7 Å². The van der Waals surface area contributed by atoms with E-state index >= 15 is 0 Å². The molecule has 1 unspecified atom stereocenters. The smallest absolute Gasteiger partial charge is 0.132 e. The number of benzene rings is 2. The molecule has 1 saturated heterocycles. The van der Waals surface area contributed by atoms with Crippen molar-refractivity contribution in [2.24, 2.45) is 0 Å². The zero-order valence-corrected chi connectivity index (χ0v) is 12.1. The molecule has 0 radical (unpaired) electrons. The predicted octanol–water partition coefficient (Wildman–Crippen LogP) is 4.54. The number of hydrogen-bond acceptors (Lipinski definition) is 2. The summed E-state index contributed by atoms with van der Waals surface area (Å²) in [6.45, 7) is 0. The third-order valence-electron chi connectivity index (χ3n) is 3.15. The van der Waals surface area contributed by atoms with Gasteiger partial charge >= 0.3 is 0 Å². The summed E-state index contributed by atoms with van der Waals surface area (Å²) in [5.74, 6) is -0.482. The molecule has 1 fully saturated rings. The Morgan fingerprint density at radius 1 is 1.00 bits per heavy atom. The van der Waals surface area contributed by atoms with Gasteiger partial charge in [0.2, 0.25) is 0 Å². The van der Waals surface area contributed by atoms with E-state index in [4.69, 9.17) is 12.2 Å². The van der Waals surface area contributed by atoms with E-state index in [1.54, 1.807) is 0 Å². The van der Waals surface area contributed by atoms with Crippen LogP contribution in [0.2, 0.25) is 0 Å². The number of rotatable bonds is 2. The molecule has 1 nitrogen and oxygen atoms in total. The number of thioether (sulfide) groups is 1. The van der Waals surface area contributed by atoms with Gasteiger partial charge in [-0.2, -0.15) is 0 Å². The van der Waals surface area contributed by atoms with E-state index in [1.807, 2.05) is 35.2 Å². The average molecular weight is 307 g/mol. The lowest BCUT2D eigenvalue weighted by atomic mass is 10.1. The SMILES string of the molecule is Fc1cccc(F)c1C1SCC(=S)N1c1ccccc1. The molecule has 102 valence electrons. The second-order valence-corrected chi connectivity index (χ2v) is 5.94. The van der Waals surface area contributed by atoms with Crippen molar-refractivity contribution in [1.29, 1.82) is 0 Å². The first kappa shape index (κ1) is 13.5. The van der Waals surface area contributed by atoms with Gasteiger partial charge in [0.1, 0.15) is 17.0 Å². The van der Waals surface area contributed by atoms with Gasteiger partial charge in [-0.15, -0.1) is 11.8 Å². The van der Waals surface area contributed by atoms with E-state index < -0.39 is 17.0 Å². The zero-order valence-electron chi connectivity index (χ0n) is 10.4. The summed E-state index contributed by atoms with van der Waals surface area (Å²) in [6, 6.07) is 13.4. The summed E-state index contributed by atoms with van der Waals surface area (Å²) in [4.78, 5) is 2.51. The predicted molar refractivity (Wildman–Crippen MR) is 83.1 cm³/mol. The standard InChI is InChI=1S/C15H11F2NS2/c16-11-7-4-8-12(17)14(11)15-18(13(19)9-20-15)10-5-2-1-3-6-10/h1-8,15H,9H2. The van der Waals surface area contributed by atoms with Crippen LogP contribution in [0.15, 0.2) is 48.5 Å². The monoisotopic (exact) mass is 307 g/mol. The molecule has 1 aliphatic heterocycles. The third-order valence-corrected chi connectivity index (χ3v) is 4.88. The highest BCUT2D eigenvalue weighted by molar-refractivity contribution is 8.02. The van der Waals surface area contributed by atoms with Crippen molar-refractivity contribution in [1.82, 2.24) is 0 Å². The molecule has 20 heavy (non-hydrogen) atoms. The molecule has 2 aromatic carbocycles. The maximum Gasteiger partial charge on any atom is 0.132 e. The fourth-order valence-corrected chi connectivity index (χ4v) is 3.96. The molecule has 0 N–H and O–H groups in total. The Bertz CT molecular complexity index is 625. The highest BCUT2D eigenvalue weighted by atomic mass is 32.2. The molecule has 0 spiro atoms. The summed E-state index contributed by atoms with van der Waals surface area (Å²) in [5.41, 5.74) is 0.927. The Kier molecular flexibility index (Phi) is 3.72. The normalized spacial score (nSPS) is 18.6. The fraction of sp³-hybridized carbons (Fsp3) is 0.133. The van der Waals surface area contributed by atoms with Gasteiger partial charge in [0.05, 0.1) is 10.6 Å². The molecule has 0 aliphatic carbocycles. The molecule has 1 heterocycles. The van der Waals surface area contributed by atoms with Crippen LogP contribution in [0.3, 0.4) is 0 Å². The van der Waals surface area contributed by atoms with Gasteiger partial charge < -0.3 is 4.90 Å². The molecular weight excluding hydrogens is 296 g/mol. The summed E-state index contributed by atoms with van der Waals surface area (Å²) in [5, 5.41) is -0.453. The number of anilines is 1. The molecule has 0 aromatic heterocycles. The van der Waals surface area contributed by atoms with Crippen molar-refractivity contribution in [3.63, 3.8) is 0 Å². The van der Waals surface area contributed by atoms with Crippen LogP contribution in [-0.2, 0) is 0 Å². The van der Waals surface area contributed by atoms with Gasteiger partial charge in [0, 0.05) is 11.4 Å². The van der Waals surface area contributed by atoms with Crippen molar-refractivity contribution in [3.05, 3.63) is 65.7 Å². The minimum atomic E-state index is -0.534. The molecule has 1 atom stereocenters. The number of nitrogens with zero attached hydrogens (tertiary/aromatic N) is 1. The lowest BCUT2D eigenvalue weighted by molar-refractivity contribution is 0.555. The summed E-state index contributed by atoms with van der Waals surface area (Å²) in [7, 11) is 0. The summed E-state index contributed by atoms with van der Waals surface area (Å²) in [6.07, 6.45) is 0. The zero-order chi connectivity index (χ0) is 14.1. The lowest BCUT2D eigenvalue weighted by Gasteiger charge is -2.26. The Morgan fingerprint density at radius 2 is 1.65 bits per heavy atom. The quantitative estimate of drug-likeness (QED) is 0.750. The van der Waals surface area contributed by atoms with E-state index in [9.17, 15) is 8.78 Å². The van der Waals surface area contributed by atoms with E-state index in [1.165, 1.54) is 30.0 Å². The second kappa shape index (κ2) is 5.50. The van der Waals surface area contributed by atoms with Gasteiger partial charge in [-0.05, 0) is 24.3 Å². The van der Waals surface area contributed by atoms with Crippen LogP contribution in [0.1, 0.15) is 10.9 Å². The molecular formula is C15H11F2NS2. The molecule has 0 saturated carbocycles. The highest BCUT2D eigenvalue weighted by Crippen LogP contribution is 2.43.